The number of hydrogen-bond donors (Lipinski definition) is 1. The molecule has 10 heavy (non-hydrogen) atoms. The molecule has 0 bridgehead atoms. The Balaban J connectivity index is 3.49. The van der Waals surface area contributed by atoms with Crippen LogP contribution in [-0.4, -0.2) is 30.4 Å². The van der Waals surface area contributed by atoms with Crippen molar-refractivity contribution < 1.29 is 12.6 Å². The predicted molar refractivity (Wildman–Crippen MR) is 41.5 cm³/mol. The lowest BCUT2D eigenvalue weighted by Crippen LogP contribution is -2.17. The summed E-state index contributed by atoms with van der Waals surface area (Å²) in [7, 11) is -4.27. The van der Waals surface area contributed by atoms with E-state index in [1.807, 2.05) is 0 Å². The van der Waals surface area contributed by atoms with Gasteiger partial charge in [0.2, 0.25) is 10.0 Å². The van der Waals surface area contributed by atoms with Gasteiger partial charge in [-0.3, -0.25) is 4.21 Å². The highest BCUT2D eigenvalue weighted by atomic mass is 32.2. The highest BCUT2D eigenvalue weighted by molar-refractivity contribution is 7.89. The molecule has 0 heterocycles. The van der Waals surface area contributed by atoms with E-state index in [4.69, 9.17) is 5.14 Å². The summed E-state index contributed by atoms with van der Waals surface area (Å²) in [5.74, 6) is 0.322. The maximum atomic E-state index is 10.4. The van der Waals surface area contributed by atoms with Crippen LogP contribution in [0.4, 0.5) is 0 Å². The summed E-state index contributed by atoms with van der Waals surface area (Å²) in [6.07, 6.45) is 1.91. The Bertz CT molecular complexity index is 209. The molecule has 0 amide bonds. The van der Waals surface area contributed by atoms with Gasteiger partial charge in [0.15, 0.2) is 0 Å². The summed E-state index contributed by atoms with van der Waals surface area (Å²) in [5, 5.41) is 4.69. The molecule has 62 valence electrons. The van der Waals surface area contributed by atoms with Crippen molar-refractivity contribution in [3.8, 4) is 0 Å². The molecule has 0 aromatic rings. The minimum Gasteiger partial charge on any atom is -0.260 e. The molecule has 1 atom stereocenters. The number of primary sulfonamides is 1. The Kier molecular flexibility index (Phi) is 4.07. The Labute approximate surface area is 63.3 Å². The monoisotopic (exact) mass is 185 g/mol. The van der Waals surface area contributed by atoms with Gasteiger partial charge in [0.05, 0.1) is 5.75 Å². The van der Waals surface area contributed by atoms with Crippen LogP contribution in [0.2, 0.25) is 0 Å². The summed E-state index contributed by atoms with van der Waals surface area (Å²) in [5.41, 5.74) is 0. The van der Waals surface area contributed by atoms with Crippen LogP contribution in [0, 0.1) is 0 Å². The van der Waals surface area contributed by atoms with Crippen LogP contribution in [0.1, 0.15) is 6.42 Å². The van der Waals surface area contributed by atoms with Crippen molar-refractivity contribution in [3.05, 3.63) is 0 Å². The van der Waals surface area contributed by atoms with Gasteiger partial charge >= 0.3 is 0 Å². The highest BCUT2D eigenvalue weighted by Gasteiger charge is 2.01. The first kappa shape index (κ1) is 10.1. The first-order valence-electron chi connectivity index (χ1n) is 2.72. The minimum atomic E-state index is -3.35. The molecule has 4 nitrogen and oxygen atoms in total. The van der Waals surface area contributed by atoms with Crippen LogP contribution < -0.4 is 5.14 Å². The van der Waals surface area contributed by atoms with E-state index in [9.17, 15) is 12.6 Å². The highest BCUT2D eigenvalue weighted by Crippen LogP contribution is 1.87. The zero-order valence-electron chi connectivity index (χ0n) is 5.74. The summed E-state index contributed by atoms with van der Waals surface area (Å²) < 4.78 is 31.0. The van der Waals surface area contributed by atoms with E-state index in [1.54, 1.807) is 0 Å². The summed E-state index contributed by atoms with van der Waals surface area (Å²) in [4.78, 5) is 0. The fourth-order valence-electron chi connectivity index (χ4n) is 0.463. The molecule has 0 aliphatic rings. The summed E-state index contributed by atoms with van der Waals surface area (Å²) >= 11 is 0. The molecule has 6 heteroatoms. The van der Waals surface area contributed by atoms with Crippen LogP contribution in [0.25, 0.3) is 0 Å². The number of sulfonamides is 1. The normalized spacial score (nSPS) is 15.0. The molecule has 0 rings (SSSR count). The van der Waals surface area contributed by atoms with Gasteiger partial charge < -0.3 is 0 Å². The van der Waals surface area contributed by atoms with Crippen molar-refractivity contribution in [1.82, 2.24) is 0 Å². The number of hydrogen-bond acceptors (Lipinski definition) is 3. The summed E-state index contributed by atoms with van der Waals surface area (Å²) in [6.45, 7) is 0. The SMILES string of the molecule is CS(=O)CCCS(N)(=O)=O. The molecule has 0 aliphatic heterocycles. The van der Waals surface area contributed by atoms with E-state index < -0.39 is 20.8 Å². The molecule has 0 fully saturated rings. The van der Waals surface area contributed by atoms with Crippen LogP contribution in [0.5, 0.6) is 0 Å². The third kappa shape index (κ3) is 8.06. The van der Waals surface area contributed by atoms with E-state index in [0.717, 1.165) is 0 Å². The molecular formula is C4H11NO3S2. The van der Waals surface area contributed by atoms with Crippen molar-refractivity contribution in [3.63, 3.8) is 0 Å². The fraction of sp³-hybridized carbons (Fsp3) is 1.00. The van der Waals surface area contributed by atoms with Gasteiger partial charge in [-0.15, -0.1) is 0 Å². The van der Waals surface area contributed by atoms with Crippen LogP contribution in [0.15, 0.2) is 0 Å². The Morgan fingerprint density at radius 2 is 2.00 bits per heavy atom. The lowest BCUT2D eigenvalue weighted by molar-refractivity contribution is 0.596. The first-order valence-corrected chi connectivity index (χ1v) is 6.16. The fourth-order valence-corrected chi connectivity index (χ4v) is 1.74. The molecular weight excluding hydrogens is 174 g/mol. The van der Waals surface area contributed by atoms with Crippen molar-refractivity contribution in [2.24, 2.45) is 5.14 Å². The number of nitrogens with two attached hydrogens (primary N) is 1. The average Bonchev–Trinajstić information content (AvgIpc) is 1.59. The maximum absolute atomic E-state index is 10.4. The van der Waals surface area contributed by atoms with Crippen LogP contribution >= 0.6 is 0 Å². The largest absolute Gasteiger partial charge is 0.260 e. The minimum absolute atomic E-state index is 0.0768. The van der Waals surface area contributed by atoms with Gasteiger partial charge in [0, 0.05) is 22.8 Å². The van der Waals surface area contributed by atoms with Gasteiger partial charge in [-0.1, -0.05) is 0 Å². The molecule has 0 radical (unpaired) electrons. The second-order valence-electron chi connectivity index (χ2n) is 2.00. The third-order valence-corrected chi connectivity index (χ3v) is 2.58. The molecule has 0 saturated carbocycles. The zero-order chi connectivity index (χ0) is 8.20. The molecule has 1 unspecified atom stereocenters. The first-order chi connectivity index (χ1) is 4.42. The molecule has 0 spiro atoms. The topological polar surface area (TPSA) is 77.2 Å². The Morgan fingerprint density at radius 1 is 1.50 bits per heavy atom. The third-order valence-electron chi connectivity index (χ3n) is 0.861. The molecule has 0 aromatic heterocycles. The van der Waals surface area contributed by atoms with Crippen LogP contribution in [-0.2, 0) is 20.8 Å². The van der Waals surface area contributed by atoms with E-state index in [2.05, 4.69) is 0 Å². The maximum Gasteiger partial charge on any atom is 0.209 e. The molecule has 0 aromatic carbocycles. The van der Waals surface area contributed by atoms with Gasteiger partial charge in [-0.25, -0.2) is 13.6 Å². The van der Waals surface area contributed by atoms with Crippen molar-refractivity contribution >= 4 is 20.8 Å². The Morgan fingerprint density at radius 3 is 2.30 bits per heavy atom. The predicted octanol–water partition coefficient (Wildman–Crippen LogP) is -0.956. The second-order valence-corrected chi connectivity index (χ2v) is 5.29. The van der Waals surface area contributed by atoms with E-state index in [-0.39, 0.29) is 5.75 Å². The van der Waals surface area contributed by atoms with Crippen molar-refractivity contribution in [2.45, 2.75) is 6.42 Å². The Hall–Kier alpha value is 0.0600. The molecule has 0 saturated heterocycles. The molecule has 0 aliphatic carbocycles. The zero-order valence-corrected chi connectivity index (χ0v) is 7.37. The van der Waals surface area contributed by atoms with Gasteiger partial charge in [0.25, 0.3) is 0 Å². The lowest BCUT2D eigenvalue weighted by Gasteiger charge is -1.94. The van der Waals surface area contributed by atoms with Gasteiger partial charge in [-0.2, -0.15) is 0 Å². The van der Waals surface area contributed by atoms with Gasteiger partial charge in [0.1, 0.15) is 0 Å². The van der Waals surface area contributed by atoms with E-state index >= 15 is 0 Å². The lowest BCUT2D eigenvalue weighted by atomic mass is 10.6. The second kappa shape index (κ2) is 4.05. The molecule has 2 N–H and O–H groups in total. The smallest absolute Gasteiger partial charge is 0.209 e. The van der Waals surface area contributed by atoms with E-state index in [1.165, 1.54) is 6.26 Å². The van der Waals surface area contributed by atoms with Crippen molar-refractivity contribution in [1.29, 1.82) is 0 Å². The standard InChI is InChI=1S/C4H11NO3S2/c1-9(6)3-2-4-10(5,7)8/h2-4H2,1H3,(H2,5,7,8). The number of rotatable bonds is 4. The van der Waals surface area contributed by atoms with Gasteiger partial charge in [-0.05, 0) is 6.42 Å². The van der Waals surface area contributed by atoms with E-state index in [0.29, 0.717) is 12.2 Å². The quantitative estimate of drug-likeness (QED) is 0.613. The van der Waals surface area contributed by atoms with Crippen LogP contribution in [0.3, 0.4) is 0 Å². The van der Waals surface area contributed by atoms with Crippen molar-refractivity contribution in [2.75, 3.05) is 17.8 Å². The summed E-state index contributed by atoms with van der Waals surface area (Å²) in [6, 6.07) is 0. The average molecular weight is 185 g/mol.